The molecule has 1 fully saturated rings. The molecule has 2 unspecified atom stereocenters. The molecule has 3 heteroatoms. The van der Waals surface area contributed by atoms with Gasteiger partial charge in [-0.3, -0.25) is 5.84 Å². The fourth-order valence-electron chi connectivity index (χ4n) is 3.33. The van der Waals surface area contributed by atoms with E-state index in [1.165, 1.54) is 19.3 Å². The lowest BCUT2D eigenvalue weighted by molar-refractivity contribution is -0.0851. The quantitative estimate of drug-likeness (QED) is 0.575. The fraction of sp³-hybridized carbons (Fsp3) is 1.00. The van der Waals surface area contributed by atoms with Crippen LogP contribution in [0.4, 0.5) is 0 Å². The lowest BCUT2D eigenvalue weighted by atomic mass is 9.52. The number of hydrogen-bond acceptors (Lipinski definition) is 3. The number of hydrazine groups is 1. The van der Waals surface area contributed by atoms with E-state index in [1.807, 2.05) is 12.1 Å². The molecule has 0 heterocycles. The van der Waals surface area contributed by atoms with Crippen molar-refractivity contribution in [2.24, 2.45) is 17.2 Å². The molecule has 0 aliphatic heterocycles. The van der Waals surface area contributed by atoms with Crippen molar-refractivity contribution in [3.05, 3.63) is 0 Å². The molecule has 1 saturated carbocycles. The predicted molar refractivity (Wildman–Crippen MR) is 70.0 cm³/mol. The highest BCUT2D eigenvalue weighted by Gasteiger charge is 2.52. The minimum atomic E-state index is 0.268. The monoisotopic (exact) mass is 227 g/mol. The van der Waals surface area contributed by atoms with Crippen molar-refractivity contribution in [3.63, 3.8) is 0 Å². The van der Waals surface area contributed by atoms with Crippen molar-refractivity contribution in [2.45, 2.75) is 45.6 Å². The molecule has 0 radical (unpaired) electrons. The summed E-state index contributed by atoms with van der Waals surface area (Å²) in [5.41, 5.74) is 0.696. The van der Waals surface area contributed by atoms with Gasteiger partial charge in [0, 0.05) is 19.1 Å². The summed E-state index contributed by atoms with van der Waals surface area (Å²) in [5, 5.41) is 1.86. The van der Waals surface area contributed by atoms with Crippen molar-refractivity contribution >= 4 is 0 Å². The zero-order chi connectivity index (χ0) is 12.6. The second-order valence-electron chi connectivity index (χ2n) is 6.27. The summed E-state index contributed by atoms with van der Waals surface area (Å²) in [4.78, 5) is 2.36. The van der Waals surface area contributed by atoms with Crippen molar-refractivity contribution in [1.29, 1.82) is 0 Å². The standard InChI is InChI=1S/C13H29N3/c1-7-13(10-16(6)14)9-8-11(13)12(2,3)15(4)5/h11H,7-10,14H2,1-6H3. The van der Waals surface area contributed by atoms with Crippen molar-refractivity contribution < 1.29 is 0 Å². The summed E-state index contributed by atoms with van der Waals surface area (Å²) in [6.07, 6.45) is 3.90. The van der Waals surface area contributed by atoms with Crippen LogP contribution in [0, 0.1) is 11.3 Å². The zero-order valence-electron chi connectivity index (χ0n) is 11.9. The summed E-state index contributed by atoms with van der Waals surface area (Å²) in [6.45, 7) is 8.04. The highest BCUT2D eigenvalue weighted by molar-refractivity contribution is 5.05. The summed E-state index contributed by atoms with van der Waals surface area (Å²) in [7, 11) is 6.35. The molecule has 1 aliphatic carbocycles. The molecule has 0 amide bonds. The minimum Gasteiger partial charge on any atom is -0.304 e. The van der Waals surface area contributed by atoms with Crippen LogP contribution in [0.15, 0.2) is 0 Å². The summed E-state index contributed by atoms with van der Waals surface area (Å²) >= 11 is 0. The second kappa shape index (κ2) is 4.63. The molecule has 2 N–H and O–H groups in total. The molecule has 3 nitrogen and oxygen atoms in total. The third-order valence-corrected chi connectivity index (χ3v) is 4.94. The Morgan fingerprint density at radius 2 is 1.88 bits per heavy atom. The van der Waals surface area contributed by atoms with Gasteiger partial charge in [-0.05, 0) is 58.5 Å². The SMILES string of the molecule is CCC1(CN(C)N)CCC1C(C)(C)N(C)C. The summed E-state index contributed by atoms with van der Waals surface area (Å²) in [5.74, 6) is 6.62. The highest BCUT2D eigenvalue weighted by Crippen LogP contribution is 2.55. The molecule has 1 aliphatic rings. The van der Waals surface area contributed by atoms with Gasteiger partial charge in [0.05, 0.1) is 0 Å². The van der Waals surface area contributed by atoms with Crippen molar-refractivity contribution in [3.8, 4) is 0 Å². The molecule has 16 heavy (non-hydrogen) atoms. The van der Waals surface area contributed by atoms with Gasteiger partial charge in [-0.2, -0.15) is 0 Å². The van der Waals surface area contributed by atoms with Crippen LogP contribution in [0.3, 0.4) is 0 Å². The average molecular weight is 227 g/mol. The second-order valence-corrected chi connectivity index (χ2v) is 6.27. The van der Waals surface area contributed by atoms with E-state index in [0.717, 1.165) is 12.5 Å². The van der Waals surface area contributed by atoms with E-state index in [4.69, 9.17) is 5.84 Å². The molecule has 0 saturated heterocycles. The van der Waals surface area contributed by atoms with E-state index in [1.54, 1.807) is 0 Å². The Kier molecular flexibility index (Phi) is 4.04. The van der Waals surface area contributed by atoms with Gasteiger partial charge in [0.1, 0.15) is 0 Å². The maximum absolute atomic E-state index is 5.86. The molecule has 96 valence electrons. The van der Waals surface area contributed by atoms with Gasteiger partial charge in [-0.1, -0.05) is 6.92 Å². The van der Waals surface area contributed by atoms with Gasteiger partial charge < -0.3 is 4.90 Å². The topological polar surface area (TPSA) is 32.5 Å². The molecular weight excluding hydrogens is 198 g/mol. The first-order chi connectivity index (χ1) is 7.26. The van der Waals surface area contributed by atoms with Gasteiger partial charge >= 0.3 is 0 Å². The maximum Gasteiger partial charge on any atom is 0.0185 e. The van der Waals surface area contributed by atoms with E-state index < -0.39 is 0 Å². The van der Waals surface area contributed by atoms with Gasteiger partial charge in [0.2, 0.25) is 0 Å². The van der Waals surface area contributed by atoms with Gasteiger partial charge in [-0.25, -0.2) is 5.01 Å². The lowest BCUT2D eigenvalue weighted by Gasteiger charge is -2.59. The Hall–Kier alpha value is -0.120. The average Bonchev–Trinajstić information content (AvgIpc) is 2.10. The molecule has 0 aromatic heterocycles. The van der Waals surface area contributed by atoms with E-state index in [0.29, 0.717) is 5.41 Å². The van der Waals surface area contributed by atoms with Crippen LogP contribution in [-0.2, 0) is 0 Å². The van der Waals surface area contributed by atoms with Crippen LogP contribution in [-0.4, -0.2) is 43.1 Å². The van der Waals surface area contributed by atoms with Crippen molar-refractivity contribution in [2.75, 3.05) is 27.7 Å². The van der Waals surface area contributed by atoms with Crippen molar-refractivity contribution in [1.82, 2.24) is 9.91 Å². The Morgan fingerprint density at radius 1 is 1.31 bits per heavy atom. The van der Waals surface area contributed by atoms with Crippen LogP contribution >= 0.6 is 0 Å². The molecule has 0 bridgehead atoms. The first kappa shape index (κ1) is 13.9. The molecule has 2 atom stereocenters. The van der Waals surface area contributed by atoms with Gasteiger partial charge in [0.15, 0.2) is 0 Å². The molecule has 0 spiro atoms. The molecular formula is C13H29N3. The van der Waals surface area contributed by atoms with E-state index in [9.17, 15) is 0 Å². The Balaban J connectivity index is 2.82. The zero-order valence-corrected chi connectivity index (χ0v) is 11.9. The fourth-order valence-corrected chi connectivity index (χ4v) is 3.33. The van der Waals surface area contributed by atoms with Crippen LogP contribution in [0.5, 0.6) is 0 Å². The van der Waals surface area contributed by atoms with Crippen LogP contribution in [0.1, 0.15) is 40.0 Å². The Morgan fingerprint density at radius 3 is 2.12 bits per heavy atom. The number of nitrogens with two attached hydrogens (primary N) is 1. The van der Waals surface area contributed by atoms with Crippen LogP contribution in [0.2, 0.25) is 0 Å². The molecule has 0 aromatic rings. The third-order valence-electron chi connectivity index (χ3n) is 4.94. The Labute approximate surface area is 101 Å². The predicted octanol–water partition coefficient (Wildman–Crippen LogP) is 1.94. The summed E-state index contributed by atoms with van der Waals surface area (Å²) in [6, 6.07) is 0. The van der Waals surface area contributed by atoms with Gasteiger partial charge in [0.25, 0.3) is 0 Å². The smallest absolute Gasteiger partial charge is 0.0185 e. The molecule has 0 aromatic carbocycles. The first-order valence-electron chi connectivity index (χ1n) is 6.39. The number of nitrogens with zero attached hydrogens (tertiary/aromatic N) is 2. The summed E-state index contributed by atoms with van der Waals surface area (Å²) < 4.78 is 0. The normalized spacial score (nSPS) is 30.9. The Bertz CT molecular complexity index is 231. The van der Waals surface area contributed by atoms with E-state index >= 15 is 0 Å². The third kappa shape index (κ3) is 2.27. The highest BCUT2D eigenvalue weighted by atomic mass is 15.4. The van der Waals surface area contributed by atoms with Gasteiger partial charge in [-0.15, -0.1) is 0 Å². The number of hydrogen-bond donors (Lipinski definition) is 1. The largest absolute Gasteiger partial charge is 0.304 e. The lowest BCUT2D eigenvalue weighted by Crippen LogP contribution is -2.60. The van der Waals surface area contributed by atoms with Crippen LogP contribution in [0.25, 0.3) is 0 Å². The number of rotatable bonds is 5. The first-order valence-corrected chi connectivity index (χ1v) is 6.39. The minimum absolute atomic E-state index is 0.268. The van der Waals surface area contributed by atoms with Crippen LogP contribution < -0.4 is 5.84 Å². The maximum atomic E-state index is 5.86. The van der Waals surface area contributed by atoms with E-state index in [-0.39, 0.29) is 5.54 Å². The van der Waals surface area contributed by atoms with E-state index in [2.05, 4.69) is 39.8 Å². The molecule has 1 rings (SSSR count).